The fourth-order valence-corrected chi connectivity index (χ4v) is 3.78. The minimum Gasteiger partial charge on any atom is -0.507 e. The maximum atomic E-state index is 13.1. The number of para-hydroxylation sites is 1. The van der Waals surface area contributed by atoms with E-state index in [0.717, 1.165) is 12.1 Å². The van der Waals surface area contributed by atoms with Crippen LogP contribution in [0.15, 0.2) is 54.1 Å². The average molecular weight is 463 g/mol. The molecule has 2 aromatic rings. The Morgan fingerprint density at radius 1 is 1.09 bits per heavy atom. The van der Waals surface area contributed by atoms with Gasteiger partial charge in [-0.25, -0.2) is 0 Å². The number of hydrogen-bond donors (Lipinski definition) is 1. The van der Waals surface area contributed by atoms with E-state index in [-0.39, 0.29) is 23.2 Å². The molecule has 1 heterocycles. The van der Waals surface area contributed by atoms with Gasteiger partial charge in [-0.2, -0.15) is 13.2 Å². The number of methoxy groups -OCH3 is 1. The smallest absolute Gasteiger partial charge is 0.416 e. The first-order chi connectivity index (χ1) is 15.7. The zero-order chi connectivity index (χ0) is 24.2. The molecule has 0 radical (unpaired) electrons. The van der Waals surface area contributed by atoms with Crippen molar-refractivity contribution in [3.05, 3.63) is 70.8 Å². The summed E-state index contributed by atoms with van der Waals surface area (Å²) in [6.07, 6.45) is -4.13. The van der Waals surface area contributed by atoms with Gasteiger partial charge in [-0.3, -0.25) is 9.59 Å². The van der Waals surface area contributed by atoms with E-state index in [1.165, 1.54) is 24.1 Å². The Morgan fingerprint density at radius 2 is 1.76 bits per heavy atom. The molecule has 1 unspecified atom stereocenters. The van der Waals surface area contributed by atoms with Crippen molar-refractivity contribution in [2.24, 2.45) is 0 Å². The van der Waals surface area contributed by atoms with Crippen molar-refractivity contribution in [1.29, 1.82) is 0 Å². The molecular weight excluding hydrogens is 439 g/mol. The van der Waals surface area contributed by atoms with E-state index in [2.05, 4.69) is 0 Å². The zero-order valence-corrected chi connectivity index (χ0v) is 18.2. The van der Waals surface area contributed by atoms with Crippen LogP contribution in [0.25, 0.3) is 5.76 Å². The van der Waals surface area contributed by atoms with Crippen molar-refractivity contribution in [1.82, 2.24) is 4.90 Å². The topological polar surface area (TPSA) is 76.1 Å². The highest BCUT2D eigenvalue weighted by Gasteiger charge is 2.46. The number of halogens is 3. The molecule has 3 rings (SSSR count). The highest BCUT2D eigenvalue weighted by Crippen LogP contribution is 2.41. The Hall–Kier alpha value is -3.33. The molecule has 9 heteroatoms. The van der Waals surface area contributed by atoms with Gasteiger partial charge in [0.1, 0.15) is 11.5 Å². The lowest BCUT2D eigenvalue weighted by Crippen LogP contribution is -2.31. The quantitative estimate of drug-likeness (QED) is 0.269. The first-order valence-electron chi connectivity index (χ1n) is 10.4. The number of amides is 1. The largest absolute Gasteiger partial charge is 0.507 e. The molecule has 2 aromatic carbocycles. The van der Waals surface area contributed by atoms with Crippen LogP contribution >= 0.6 is 0 Å². The Bertz CT molecular complexity index is 1050. The predicted octanol–water partition coefficient (Wildman–Crippen LogP) is 4.56. The molecule has 176 valence electrons. The molecule has 0 saturated carbocycles. The Morgan fingerprint density at radius 3 is 2.36 bits per heavy atom. The fraction of sp³-hybridized carbons (Fsp3) is 0.333. The number of ether oxygens (including phenoxy) is 2. The zero-order valence-electron chi connectivity index (χ0n) is 18.2. The van der Waals surface area contributed by atoms with Gasteiger partial charge < -0.3 is 19.5 Å². The van der Waals surface area contributed by atoms with E-state index >= 15 is 0 Å². The molecule has 0 aromatic heterocycles. The Balaban J connectivity index is 2.15. The monoisotopic (exact) mass is 463 g/mol. The number of benzene rings is 2. The second-order valence-corrected chi connectivity index (χ2v) is 7.39. The number of likely N-dealkylation sites (tertiary alicyclic amines) is 1. The number of alkyl halides is 3. The highest BCUT2D eigenvalue weighted by molar-refractivity contribution is 6.46. The van der Waals surface area contributed by atoms with Crippen LogP contribution in [0.3, 0.4) is 0 Å². The van der Waals surface area contributed by atoms with E-state index in [0.29, 0.717) is 25.4 Å². The summed E-state index contributed by atoms with van der Waals surface area (Å²) in [6, 6.07) is 9.63. The van der Waals surface area contributed by atoms with E-state index < -0.39 is 35.2 Å². The van der Waals surface area contributed by atoms with Crippen molar-refractivity contribution in [3.8, 4) is 5.75 Å². The molecule has 0 spiro atoms. The molecule has 1 aliphatic heterocycles. The molecule has 1 amide bonds. The van der Waals surface area contributed by atoms with Crippen LogP contribution in [0.5, 0.6) is 5.75 Å². The minimum atomic E-state index is -4.53. The van der Waals surface area contributed by atoms with Crippen LogP contribution in [-0.4, -0.2) is 48.6 Å². The van der Waals surface area contributed by atoms with Crippen LogP contribution in [0.1, 0.15) is 36.1 Å². The number of aliphatic hydroxyl groups excluding tert-OH is 1. The predicted molar refractivity (Wildman–Crippen MR) is 115 cm³/mol. The standard InChI is InChI=1S/C24H24F3NO5/c1-3-33-18-8-5-4-7-17(18)21(29)19-20(15-9-11-16(12-10-15)24(25,26)27)28(13-6-14-32-2)23(31)22(19)30/h4-5,7-12,20,29H,3,6,13-14H2,1-2H3/b21-19+. The molecule has 1 aliphatic rings. The van der Waals surface area contributed by atoms with Crippen LogP contribution < -0.4 is 4.74 Å². The van der Waals surface area contributed by atoms with Crippen molar-refractivity contribution in [2.75, 3.05) is 26.9 Å². The first-order valence-corrected chi connectivity index (χ1v) is 10.4. The number of Topliss-reactive ketones (excluding diaryl/α,β-unsaturated/α-hetero) is 1. The van der Waals surface area contributed by atoms with E-state index in [9.17, 15) is 27.9 Å². The number of hydrogen-bond acceptors (Lipinski definition) is 5. The third-order valence-corrected chi connectivity index (χ3v) is 5.28. The first kappa shape index (κ1) is 24.3. The molecule has 1 saturated heterocycles. The summed E-state index contributed by atoms with van der Waals surface area (Å²) >= 11 is 0. The summed E-state index contributed by atoms with van der Waals surface area (Å²) in [4.78, 5) is 27.1. The lowest BCUT2D eigenvalue weighted by atomic mass is 9.94. The van der Waals surface area contributed by atoms with Gasteiger partial charge in [0.2, 0.25) is 0 Å². The van der Waals surface area contributed by atoms with Gasteiger partial charge in [0.05, 0.1) is 29.3 Å². The van der Waals surface area contributed by atoms with Crippen LogP contribution in [0.2, 0.25) is 0 Å². The van der Waals surface area contributed by atoms with Gasteiger partial charge in [-0.05, 0) is 43.2 Å². The molecule has 0 bridgehead atoms. The van der Waals surface area contributed by atoms with E-state index in [1.54, 1.807) is 31.2 Å². The molecular formula is C24H24F3NO5. The van der Waals surface area contributed by atoms with Crippen LogP contribution in [0.4, 0.5) is 13.2 Å². The van der Waals surface area contributed by atoms with Gasteiger partial charge in [-0.1, -0.05) is 24.3 Å². The summed E-state index contributed by atoms with van der Waals surface area (Å²) in [5.74, 6) is -1.89. The lowest BCUT2D eigenvalue weighted by Gasteiger charge is -2.25. The average Bonchev–Trinajstić information content (AvgIpc) is 3.04. The molecule has 1 N–H and O–H groups in total. The maximum Gasteiger partial charge on any atom is 0.416 e. The maximum absolute atomic E-state index is 13.1. The second-order valence-electron chi connectivity index (χ2n) is 7.39. The number of ketones is 1. The van der Waals surface area contributed by atoms with Gasteiger partial charge in [-0.15, -0.1) is 0 Å². The number of carbonyl (C=O) groups excluding carboxylic acids is 2. The summed E-state index contributed by atoms with van der Waals surface area (Å²) in [6.45, 7) is 2.50. The number of rotatable bonds is 8. The lowest BCUT2D eigenvalue weighted by molar-refractivity contribution is -0.140. The fourth-order valence-electron chi connectivity index (χ4n) is 3.78. The SMILES string of the molecule is CCOc1ccccc1/C(O)=C1\C(=O)C(=O)N(CCCOC)C1c1ccc(C(F)(F)F)cc1. The van der Waals surface area contributed by atoms with Crippen LogP contribution in [-0.2, 0) is 20.5 Å². The van der Waals surface area contributed by atoms with Gasteiger partial charge in [0.25, 0.3) is 11.7 Å². The van der Waals surface area contributed by atoms with Gasteiger partial charge in [0.15, 0.2) is 0 Å². The summed E-state index contributed by atoms with van der Waals surface area (Å²) in [7, 11) is 1.49. The molecule has 1 fully saturated rings. The molecule has 0 aliphatic carbocycles. The number of carbonyl (C=O) groups is 2. The summed E-state index contributed by atoms with van der Waals surface area (Å²) in [5.41, 5.74) is -0.574. The van der Waals surface area contributed by atoms with Crippen molar-refractivity contribution in [3.63, 3.8) is 0 Å². The van der Waals surface area contributed by atoms with Crippen molar-refractivity contribution in [2.45, 2.75) is 25.6 Å². The highest BCUT2D eigenvalue weighted by atomic mass is 19.4. The number of aliphatic hydroxyl groups is 1. The Kier molecular flexibility index (Phi) is 7.43. The Labute approximate surface area is 189 Å². The van der Waals surface area contributed by atoms with Crippen molar-refractivity contribution < 1.29 is 37.3 Å². The second kappa shape index (κ2) is 10.1. The third kappa shape index (κ3) is 5.03. The van der Waals surface area contributed by atoms with Gasteiger partial charge in [0, 0.05) is 20.3 Å². The van der Waals surface area contributed by atoms with Crippen LogP contribution in [0, 0.1) is 0 Å². The minimum absolute atomic E-state index is 0.119. The molecule has 33 heavy (non-hydrogen) atoms. The van der Waals surface area contributed by atoms with Crippen molar-refractivity contribution >= 4 is 17.4 Å². The summed E-state index contributed by atoms with van der Waals surface area (Å²) in [5, 5.41) is 11.1. The molecule has 6 nitrogen and oxygen atoms in total. The van der Waals surface area contributed by atoms with Gasteiger partial charge >= 0.3 is 6.18 Å². The number of nitrogens with zero attached hydrogens (tertiary/aromatic N) is 1. The molecule has 1 atom stereocenters. The van der Waals surface area contributed by atoms with E-state index in [1.807, 2.05) is 0 Å². The normalized spacial score (nSPS) is 18.1. The van der Waals surface area contributed by atoms with E-state index in [4.69, 9.17) is 9.47 Å². The third-order valence-electron chi connectivity index (χ3n) is 5.28. The summed E-state index contributed by atoms with van der Waals surface area (Å²) < 4.78 is 49.7.